The van der Waals surface area contributed by atoms with Gasteiger partial charge < -0.3 is 14.8 Å². The molecule has 26 heavy (non-hydrogen) atoms. The number of aryl methyl sites for hydroxylation is 1. The molecule has 0 aliphatic heterocycles. The number of nitrogens with zero attached hydrogens (tertiary/aromatic N) is 1. The van der Waals surface area contributed by atoms with Crippen molar-refractivity contribution in [3.63, 3.8) is 0 Å². The number of halogens is 1. The number of thiazole rings is 1. The molecule has 0 bridgehead atoms. The van der Waals surface area contributed by atoms with Gasteiger partial charge in [0.05, 0.1) is 19.9 Å². The second-order valence-corrected chi connectivity index (χ2v) is 7.26. The number of benzene rings is 2. The smallest absolute Gasteiger partial charge is 0.187 e. The fourth-order valence-electron chi connectivity index (χ4n) is 2.67. The summed E-state index contributed by atoms with van der Waals surface area (Å²) in [5.74, 6) is 1.41. The summed E-state index contributed by atoms with van der Waals surface area (Å²) in [5, 5.41) is 4.94. The minimum Gasteiger partial charge on any atom is -0.493 e. The van der Waals surface area contributed by atoms with E-state index < -0.39 is 0 Å². The summed E-state index contributed by atoms with van der Waals surface area (Å²) < 4.78 is 10.8. The zero-order chi connectivity index (χ0) is 18.5. The standard InChI is InChI=1S/C20H21ClN2O2S/c1-4-5-18-19(13-6-11-16(24-2)17(12-13)25-3)23-20(26-18)22-15-9-7-14(21)8-10-15/h6-12H,4-5H2,1-3H3,(H,22,23). The summed E-state index contributed by atoms with van der Waals surface area (Å²) >= 11 is 7.63. The molecule has 0 spiro atoms. The van der Waals surface area contributed by atoms with E-state index in [4.69, 9.17) is 26.1 Å². The summed E-state index contributed by atoms with van der Waals surface area (Å²) in [4.78, 5) is 6.07. The number of hydrogen-bond donors (Lipinski definition) is 1. The van der Waals surface area contributed by atoms with Crippen LogP contribution in [0.1, 0.15) is 18.2 Å². The SMILES string of the molecule is CCCc1sc(Nc2ccc(Cl)cc2)nc1-c1ccc(OC)c(OC)c1. The Balaban J connectivity index is 1.95. The monoisotopic (exact) mass is 388 g/mol. The van der Waals surface area contributed by atoms with E-state index in [1.54, 1.807) is 25.6 Å². The minimum absolute atomic E-state index is 0.702. The average Bonchev–Trinajstić information content (AvgIpc) is 3.05. The Labute approximate surface area is 162 Å². The quantitative estimate of drug-likeness (QED) is 0.525. The van der Waals surface area contributed by atoms with Crippen molar-refractivity contribution in [2.75, 3.05) is 19.5 Å². The van der Waals surface area contributed by atoms with Gasteiger partial charge in [-0.1, -0.05) is 24.9 Å². The van der Waals surface area contributed by atoms with Crippen molar-refractivity contribution in [2.45, 2.75) is 19.8 Å². The third-order valence-electron chi connectivity index (χ3n) is 3.93. The number of nitrogens with one attached hydrogen (secondary N) is 1. The Hall–Kier alpha value is -2.24. The lowest BCUT2D eigenvalue weighted by Gasteiger charge is -2.09. The maximum Gasteiger partial charge on any atom is 0.187 e. The lowest BCUT2D eigenvalue weighted by atomic mass is 10.1. The molecule has 0 fully saturated rings. The molecule has 2 aromatic carbocycles. The number of rotatable bonds is 7. The predicted octanol–water partition coefficient (Wildman–Crippen LogP) is 6.18. The van der Waals surface area contributed by atoms with Crippen LogP contribution in [0, 0.1) is 0 Å². The molecule has 1 heterocycles. The Morgan fingerprint density at radius 3 is 2.42 bits per heavy atom. The molecule has 0 saturated heterocycles. The lowest BCUT2D eigenvalue weighted by molar-refractivity contribution is 0.355. The van der Waals surface area contributed by atoms with Gasteiger partial charge in [0, 0.05) is 21.2 Å². The van der Waals surface area contributed by atoms with Crippen molar-refractivity contribution >= 4 is 33.8 Å². The second kappa shape index (κ2) is 8.43. The summed E-state index contributed by atoms with van der Waals surface area (Å²) in [6.07, 6.45) is 2.03. The van der Waals surface area contributed by atoms with Crippen LogP contribution in [0.15, 0.2) is 42.5 Å². The summed E-state index contributed by atoms with van der Waals surface area (Å²) in [6, 6.07) is 13.5. The minimum atomic E-state index is 0.702. The van der Waals surface area contributed by atoms with E-state index in [1.807, 2.05) is 42.5 Å². The molecule has 4 nitrogen and oxygen atoms in total. The van der Waals surface area contributed by atoms with Crippen LogP contribution in [0.2, 0.25) is 5.02 Å². The topological polar surface area (TPSA) is 43.4 Å². The molecule has 0 aliphatic carbocycles. The van der Waals surface area contributed by atoms with Gasteiger partial charge in [-0.05, 0) is 48.9 Å². The molecule has 1 N–H and O–H groups in total. The van der Waals surface area contributed by atoms with Gasteiger partial charge >= 0.3 is 0 Å². The van der Waals surface area contributed by atoms with Crippen LogP contribution in [0.3, 0.4) is 0 Å². The molecule has 1 aromatic heterocycles. The van der Waals surface area contributed by atoms with Gasteiger partial charge in [-0.3, -0.25) is 0 Å². The van der Waals surface area contributed by atoms with Crippen LogP contribution in [-0.4, -0.2) is 19.2 Å². The molecule has 0 aliphatic rings. The zero-order valence-corrected chi connectivity index (χ0v) is 16.6. The van der Waals surface area contributed by atoms with Crippen LogP contribution < -0.4 is 14.8 Å². The third kappa shape index (κ3) is 4.11. The Kier molecular flexibility index (Phi) is 6.01. The summed E-state index contributed by atoms with van der Waals surface area (Å²) in [7, 11) is 3.28. The van der Waals surface area contributed by atoms with Crippen molar-refractivity contribution in [1.29, 1.82) is 0 Å². The maximum atomic E-state index is 5.96. The Morgan fingerprint density at radius 1 is 1.04 bits per heavy atom. The van der Waals surface area contributed by atoms with Crippen LogP contribution in [0.4, 0.5) is 10.8 Å². The van der Waals surface area contributed by atoms with E-state index in [0.717, 1.165) is 34.9 Å². The van der Waals surface area contributed by atoms with E-state index >= 15 is 0 Å². The molecule has 0 atom stereocenters. The highest BCUT2D eigenvalue weighted by atomic mass is 35.5. The summed E-state index contributed by atoms with van der Waals surface area (Å²) in [6.45, 7) is 2.17. The van der Waals surface area contributed by atoms with E-state index in [9.17, 15) is 0 Å². The first-order valence-corrected chi connectivity index (χ1v) is 9.58. The average molecular weight is 389 g/mol. The molecule has 136 valence electrons. The highest BCUT2D eigenvalue weighted by molar-refractivity contribution is 7.16. The normalized spacial score (nSPS) is 10.6. The van der Waals surface area contributed by atoms with Crippen LogP contribution in [0.5, 0.6) is 11.5 Å². The molecule has 3 aromatic rings. The van der Waals surface area contributed by atoms with Crippen LogP contribution >= 0.6 is 22.9 Å². The molecule has 0 radical (unpaired) electrons. The van der Waals surface area contributed by atoms with E-state index in [2.05, 4.69) is 12.2 Å². The molecular formula is C20H21ClN2O2S. The Bertz CT molecular complexity index is 878. The Morgan fingerprint density at radius 2 is 1.77 bits per heavy atom. The van der Waals surface area contributed by atoms with Crippen LogP contribution in [0.25, 0.3) is 11.3 Å². The molecule has 0 unspecified atom stereocenters. The van der Waals surface area contributed by atoms with Gasteiger partial charge in [0.2, 0.25) is 0 Å². The van der Waals surface area contributed by atoms with Gasteiger partial charge in [0.1, 0.15) is 0 Å². The molecular weight excluding hydrogens is 368 g/mol. The first kappa shape index (κ1) is 18.5. The van der Waals surface area contributed by atoms with Crippen LogP contribution in [-0.2, 0) is 6.42 Å². The molecule has 6 heteroatoms. The van der Waals surface area contributed by atoms with Crippen molar-refractivity contribution in [3.05, 3.63) is 52.4 Å². The van der Waals surface area contributed by atoms with Gasteiger partial charge in [-0.2, -0.15) is 0 Å². The molecule has 0 amide bonds. The van der Waals surface area contributed by atoms with Crippen molar-refractivity contribution in [2.24, 2.45) is 0 Å². The zero-order valence-electron chi connectivity index (χ0n) is 15.0. The maximum absolute atomic E-state index is 5.96. The first-order valence-electron chi connectivity index (χ1n) is 8.39. The number of methoxy groups -OCH3 is 2. The second-order valence-electron chi connectivity index (χ2n) is 5.74. The van der Waals surface area contributed by atoms with E-state index in [0.29, 0.717) is 16.5 Å². The largest absolute Gasteiger partial charge is 0.493 e. The number of hydrogen-bond acceptors (Lipinski definition) is 5. The number of ether oxygens (including phenoxy) is 2. The van der Waals surface area contributed by atoms with E-state index in [-0.39, 0.29) is 0 Å². The highest BCUT2D eigenvalue weighted by Gasteiger charge is 2.15. The van der Waals surface area contributed by atoms with Crippen molar-refractivity contribution in [3.8, 4) is 22.8 Å². The van der Waals surface area contributed by atoms with Gasteiger partial charge in [0.25, 0.3) is 0 Å². The summed E-state index contributed by atoms with van der Waals surface area (Å²) in [5.41, 5.74) is 2.96. The van der Waals surface area contributed by atoms with Crippen molar-refractivity contribution < 1.29 is 9.47 Å². The molecule has 0 saturated carbocycles. The van der Waals surface area contributed by atoms with Gasteiger partial charge in [0.15, 0.2) is 16.6 Å². The van der Waals surface area contributed by atoms with Gasteiger partial charge in [-0.25, -0.2) is 4.98 Å². The lowest BCUT2D eigenvalue weighted by Crippen LogP contribution is -1.93. The predicted molar refractivity (Wildman–Crippen MR) is 109 cm³/mol. The van der Waals surface area contributed by atoms with Gasteiger partial charge in [-0.15, -0.1) is 11.3 Å². The fourth-order valence-corrected chi connectivity index (χ4v) is 3.90. The third-order valence-corrected chi connectivity index (χ3v) is 5.21. The van der Waals surface area contributed by atoms with E-state index in [1.165, 1.54) is 4.88 Å². The number of anilines is 2. The first-order chi connectivity index (χ1) is 12.6. The fraction of sp³-hybridized carbons (Fsp3) is 0.250. The number of aromatic nitrogens is 1. The van der Waals surface area contributed by atoms with Crippen molar-refractivity contribution in [1.82, 2.24) is 4.98 Å². The molecule has 3 rings (SSSR count). The highest BCUT2D eigenvalue weighted by Crippen LogP contribution is 2.37.